The molecule has 0 radical (unpaired) electrons. The largest absolute Gasteiger partial charge is 0.366 e. The van der Waals surface area contributed by atoms with Crippen molar-refractivity contribution < 1.29 is 14.2 Å². The molecule has 0 aromatic heterocycles. The molecule has 92 valence electrons. The van der Waals surface area contributed by atoms with Crippen LogP contribution in [0.5, 0.6) is 0 Å². The minimum Gasteiger partial charge on any atom is -0.366 e. The highest BCUT2D eigenvalue weighted by molar-refractivity contribution is 5.04. The van der Waals surface area contributed by atoms with E-state index in [-0.39, 0.29) is 30.5 Å². The number of hydrogen-bond donors (Lipinski definition) is 1. The monoisotopic (exact) mass is 227 g/mol. The Morgan fingerprint density at radius 2 is 1.94 bits per heavy atom. The predicted molar refractivity (Wildman–Crippen MR) is 60.9 cm³/mol. The van der Waals surface area contributed by atoms with Gasteiger partial charge in [-0.1, -0.05) is 13.0 Å². The Morgan fingerprint density at radius 3 is 2.50 bits per heavy atom. The van der Waals surface area contributed by atoms with Gasteiger partial charge in [0.1, 0.15) is 12.2 Å². The van der Waals surface area contributed by atoms with Gasteiger partial charge in [-0.05, 0) is 20.3 Å². The molecule has 0 aromatic carbocycles. The van der Waals surface area contributed by atoms with Gasteiger partial charge in [0.05, 0.1) is 18.2 Å². The molecular formula is C12H21NO3. The van der Waals surface area contributed by atoms with Crippen LogP contribution in [0.25, 0.3) is 0 Å². The van der Waals surface area contributed by atoms with Gasteiger partial charge in [-0.2, -0.15) is 0 Å². The molecule has 5 atom stereocenters. The molecule has 2 fully saturated rings. The quantitative estimate of drug-likeness (QED) is 0.720. The standard InChI is InChI=1S/C12H21NO3/c1-5-7-9(13)11-10(8(6-2)14-7)15-12(3,4)16-11/h5,7-11H,1,6,13H2,2-4H3/t7-,8-,9+,10+,11-/m1/s1. The van der Waals surface area contributed by atoms with E-state index in [1.807, 2.05) is 13.8 Å². The lowest BCUT2D eigenvalue weighted by Gasteiger charge is -2.39. The predicted octanol–water partition coefficient (Wildman–Crippen LogP) is 1.20. The number of fused-ring (bicyclic) bond motifs is 1. The molecule has 2 aliphatic heterocycles. The third-order valence-electron chi connectivity index (χ3n) is 3.26. The SMILES string of the molecule is C=C[C@H]1O[C@H](CC)[C@@H]2OC(C)(C)O[C@@H]2[C@H]1N. The second-order valence-electron chi connectivity index (χ2n) is 4.93. The van der Waals surface area contributed by atoms with Crippen LogP contribution in [-0.2, 0) is 14.2 Å². The van der Waals surface area contributed by atoms with Crippen LogP contribution in [0.3, 0.4) is 0 Å². The topological polar surface area (TPSA) is 53.7 Å². The molecule has 2 saturated heterocycles. The van der Waals surface area contributed by atoms with Crippen LogP contribution in [0.4, 0.5) is 0 Å². The van der Waals surface area contributed by atoms with Crippen molar-refractivity contribution >= 4 is 0 Å². The summed E-state index contributed by atoms with van der Waals surface area (Å²) in [5.41, 5.74) is 6.11. The first-order valence-electron chi connectivity index (χ1n) is 5.87. The van der Waals surface area contributed by atoms with Gasteiger partial charge in [0.25, 0.3) is 0 Å². The van der Waals surface area contributed by atoms with Crippen LogP contribution in [0.2, 0.25) is 0 Å². The molecule has 0 aromatic rings. The summed E-state index contributed by atoms with van der Waals surface area (Å²) >= 11 is 0. The number of rotatable bonds is 2. The summed E-state index contributed by atoms with van der Waals surface area (Å²) in [6.45, 7) is 9.65. The highest BCUT2D eigenvalue weighted by Crippen LogP contribution is 2.37. The van der Waals surface area contributed by atoms with E-state index in [0.29, 0.717) is 0 Å². The van der Waals surface area contributed by atoms with Crippen LogP contribution in [-0.4, -0.2) is 36.2 Å². The summed E-state index contributed by atoms with van der Waals surface area (Å²) in [7, 11) is 0. The minimum atomic E-state index is -0.570. The van der Waals surface area contributed by atoms with Gasteiger partial charge in [-0.25, -0.2) is 0 Å². The van der Waals surface area contributed by atoms with Gasteiger partial charge in [0.15, 0.2) is 5.79 Å². The molecule has 0 spiro atoms. The van der Waals surface area contributed by atoms with Crippen molar-refractivity contribution in [1.82, 2.24) is 0 Å². The second-order valence-corrected chi connectivity index (χ2v) is 4.93. The summed E-state index contributed by atoms with van der Waals surface area (Å²) in [5.74, 6) is -0.570. The summed E-state index contributed by atoms with van der Waals surface area (Å²) in [4.78, 5) is 0. The first-order chi connectivity index (χ1) is 7.48. The smallest absolute Gasteiger partial charge is 0.163 e. The van der Waals surface area contributed by atoms with E-state index >= 15 is 0 Å². The van der Waals surface area contributed by atoms with E-state index in [1.165, 1.54) is 0 Å². The molecule has 0 amide bonds. The van der Waals surface area contributed by atoms with Crippen LogP contribution in [0, 0.1) is 0 Å². The third-order valence-corrected chi connectivity index (χ3v) is 3.26. The van der Waals surface area contributed by atoms with Crippen LogP contribution < -0.4 is 5.73 Å². The highest BCUT2D eigenvalue weighted by atomic mass is 16.8. The van der Waals surface area contributed by atoms with Crippen LogP contribution in [0.1, 0.15) is 27.2 Å². The summed E-state index contributed by atoms with van der Waals surface area (Å²) in [5, 5.41) is 0. The van der Waals surface area contributed by atoms with Crippen molar-refractivity contribution in [1.29, 1.82) is 0 Å². The van der Waals surface area contributed by atoms with Crippen molar-refractivity contribution in [2.75, 3.05) is 0 Å². The molecule has 2 rings (SSSR count). The first-order valence-corrected chi connectivity index (χ1v) is 5.87. The third kappa shape index (κ3) is 1.91. The Bertz CT molecular complexity index is 279. The first kappa shape index (κ1) is 12.0. The lowest BCUT2D eigenvalue weighted by atomic mass is 9.92. The van der Waals surface area contributed by atoms with Crippen molar-refractivity contribution in [3.8, 4) is 0 Å². The molecule has 0 saturated carbocycles. The molecule has 2 aliphatic rings. The van der Waals surface area contributed by atoms with E-state index in [1.54, 1.807) is 6.08 Å². The fourth-order valence-corrected chi connectivity index (χ4v) is 2.50. The normalized spacial score (nSPS) is 46.4. The Balaban J connectivity index is 2.21. The Kier molecular flexibility index (Phi) is 3.09. The average Bonchev–Trinajstić information content (AvgIpc) is 2.55. The summed E-state index contributed by atoms with van der Waals surface area (Å²) in [6.07, 6.45) is 2.36. The molecule has 4 nitrogen and oxygen atoms in total. The van der Waals surface area contributed by atoms with E-state index in [4.69, 9.17) is 19.9 Å². The van der Waals surface area contributed by atoms with E-state index in [2.05, 4.69) is 13.5 Å². The molecule has 0 aliphatic carbocycles. The maximum atomic E-state index is 6.11. The summed E-state index contributed by atoms with van der Waals surface area (Å²) in [6, 6.07) is -0.202. The van der Waals surface area contributed by atoms with Gasteiger partial charge in [-0.15, -0.1) is 6.58 Å². The maximum absolute atomic E-state index is 6.11. The molecule has 0 bridgehead atoms. The van der Waals surface area contributed by atoms with Crippen molar-refractivity contribution in [3.05, 3.63) is 12.7 Å². The van der Waals surface area contributed by atoms with Gasteiger partial charge < -0.3 is 19.9 Å². The fraction of sp³-hybridized carbons (Fsp3) is 0.833. The van der Waals surface area contributed by atoms with E-state index in [9.17, 15) is 0 Å². The van der Waals surface area contributed by atoms with E-state index in [0.717, 1.165) is 6.42 Å². The zero-order valence-electron chi connectivity index (χ0n) is 10.2. The molecule has 2 heterocycles. The number of ether oxygens (including phenoxy) is 3. The van der Waals surface area contributed by atoms with Crippen LogP contribution in [0.15, 0.2) is 12.7 Å². The van der Waals surface area contributed by atoms with Crippen molar-refractivity contribution in [3.63, 3.8) is 0 Å². The molecular weight excluding hydrogens is 206 g/mol. The number of nitrogens with two attached hydrogens (primary N) is 1. The van der Waals surface area contributed by atoms with Gasteiger partial charge in [-0.3, -0.25) is 0 Å². The summed E-state index contributed by atoms with van der Waals surface area (Å²) < 4.78 is 17.6. The van der Waals surface area contributed by atoms with Gasteiger partial charge >= 0.3 is 0 Å². The Labute approximate surface area is 96.7 Å². The van der Waals surface area contributed by atoms with Gasteiger partial charge in [0, 0.05) is 0 Å². The lowest BCUT2D eigenvalue weighted by molar-refractivity contribution is -0.156. The fourth-order valence-electron chi connectivity index (χ4n) is 2.50. The van der Waals surface area contributed by atoms with Gasteiger partial charge in [0.2, 0.25) is 0 Å². The zero-order chi connectivity index (χ0) is 11.9. The van der Waals surface area contributed by atoms with E-state index < -0.39 is 5.79 Å². The number of hydrogen-bond acceptors (Lipinski definition) is 4. The minimum absolute atomic E-state index is 0.0366. The van der Waals surface area contributed by atoms with Crippen molar-refractivity contribution in [2.45, 2.75) is 63.4 Å². The van der Waals surface area contributed by atoms with Crippen LogP contribution >= 0.6 is 0 Å². The molecule has 0 unspecified atom stereocenters. The Morgan fingerprint density at radius 1 is 1.31 bits per heavy atom. The molecule has 4 heteroatoms. The Hall–Kier alpha value is -0.420. The zero-order valence-corrected chi connectivity index (χ0v) is 10.2. The molecule has 2 N–H and O–H groups in total. The molecule has 16 heavy (non-hydrogen) atoms. The van der Waals surface area contributed by atoms with Crippen molar-refractivity contribution in [2.24, 2.45) is 5.73 Å². The lowest BCUT2D eigenvalue weighted by Crippen LogP contribution is -2.59. The second kappa shape index (κ2) is 4.11. The highest BCUT2D eigenvalue weighted by Gasteiger charge is 2.52. The maximum Gasteiger partial charge on any atom is 0.163 e. The average molecular weight is 227 g/mol.